The zero-order chi connectivity index (χ0) is 24.1. The molecule has 7 heteroatoms. The molecule has 0 aliphatic heterocycles. The van der Waals surface area contributed by atoms with Crippen LogP contribution in [0.2, 0.25) is 0 Å². The number of carbonyl (C=O) groups is 2. The number of ether oxygens (including phenoxy) is 3. The summed E-state index contributed by atoms with van der Waals surface area (Å²) in [4.78, 5) is 24.2. The summed E-state index contributed by atoms with van der Waals surface area (Å²) in [5.74, 6) is -0.118. The molecule has 176 valence electrons. The molecule has 1 aliphatic rings. The highest BCUT2D eigenvalue weighted by atomic mass is 16.5. The fourth-order valence-electron chi connectivity index (χ4n) is 4.39. The lowest BCUT2D eigenvalue weighted by Gasteiger charge is -2.20. The molecule has 4 rings (SSSR count). The molecule has 2 N–H and O–H groups in total. The van der Waals surface area contributed by atoms with E-state index in [-0.39, 0.29) is 18.9 Å². The first-order valence-electron chi connectivity index (χ1n) is 11.2. The van der Waals surface area contributed by atoms with Crippen LogP contribution in [0, 0.1) is 0 Å². The van der Waals surface area contributed by atoms with Gasteiger partial charge in [0.1, 0.15) is 6.61 Å². The van der Waals surface area contributed by atoms with Gasteiger partial charge in [-0.05, 0) is 46.9 Å². The van der Waals surface area contributed by atoms with Crippen molar-refractivity contribution >= 4 is 12.1 Å². The van der Waals surface area contributed by atoms with Gasteiger partial charge in [0.05, 0.1) is 26.2 Å². The van der Waals surface area contributed by atoms with Crippen molar-refractivity contribution in [2.24, 2.45) is 0 Å². The Kier molecular flexibility index (Phi) is 7.01. The van der Waals surface area contributed by atoms with Crippen LogP contribution in [-0.4, -0.2) is 37.5 Å². The summed E-state index contributed by atoms with van der Waals surface area (Å²) in [6.07, 6.45) is -0.982. The van der Waals surface area contributed by atoms with E-state index >= 15 is 0 Å². The predicted molar refractivity (Wildman–Crippen MR) is 127 cm³/mol. The van der Waals surface area contributed by atoms with E-state index in [0.29, 0.717) is 23.7 Å². The quantitative estimate of drug-likeness (QED) is 0.458. The molecular weight excluding hydrogens is 434 g/mol. The predicted octanol–water partition coefficient (Wildman–Crippen LogP) is 5.15. The van der Waals surface area contributed by atoms with Crippen LogP contribution in [-0.2, 0) is 9.53 Å². The smallest absolute Gasteiger partial charge is 0.407 e. The van der Waals surface area contributed by atoms with Crippen LogP contribution in [0.5, 0.6) is 11.5 Å². The van der Waals surface area contributed by atoms with Gasteiger partial charge in [-0.3, -0.25) is 4.79 Å². The van der Waals surface area contributed by atoms with E-state index in [0.717, 1.165) is 22.3 Å². The van der Waals surface area contributed by atoms with E-state index in [9.17, 15) is 14.7 Å². The van der Waals surface area contributed by atoms with E-state index in [1.165, 1.54) is 7.11 Å². The highest BCUT2D eigenvalue weighted by Gasteiger charge is 2.29. The molecule has 0 saturated heterocycles. The Hall–Kier alpha value is -4.00. The number of fused-ring (bicyclic) bond motifs is 3. The van der Waals surface area contributed by atoms with Gasteiger partial charge in [0.15, 0.2) is 11.5 Å². The fourth-order valence-corrected chi connectivity index (χ4v) is 4.39. The van der Waals surface area contributed by atoms with Gasteiger partial charge in [0.25, 0.3) is 0 Å². The third-order valence-electron chi connectivity index (χ3n) is 5.90. The molecule has 7 nitrogen and oxygen atoms in total. The summed E-state index contributed by atoms with van der Waals surface area (Å²) in [5, 5.41) is 12.1. The van der Waals surface area contributed by atoms with Crippen molar-refractivity contribution in [3.05, 3.63) is 83.4 Å². The number of carboxylic acids is 1. The normalized spacial score (nSPS) is 12.9. The van der Waals surface area contributed by atoms with Gasteiger partial charge in [-0.25, -0.2) is 4.79 Å². The lowest BCUT2D eigenvalue weighted by molar-refractivity contribution is -0.137. The zero-order valence-corrected chi connectivity index (χ0v) is 19.1. The first kappa shape index (κ1) is 23.2. The topological polar surface area (TPSA) is 94.1 Å². The molecule has 0 heterocycles. The first-order valence-corrected chi connectivity index (χ1v) is 11.2. The Morgan fingerprint density at radius 1 is 0.971 bits per heavy atom. The largest absolute Gasteiger partial charge is 0.493 e. The number of carbonyl (C=O) groups excluding carboxylic acids is 1. The molecule has 0 radical (unpaired) electrons. The molecule has 0 fully saturated rings. The van der Waals surface area contributed by atoms with Gasteiger partial charge in [-0.15, -0.1) is 0 Å². The monoisotopic (exact) mass is 461 g/mol. The summed E-state index contributed by atoms with van der Waals surface area (Å²) in [6.45, 7) is 2.41. The SMILES string of the molecule is CCOc1cc([C@@H](CC(=O)O)NC(=O)OCC2c3ccccc3-c3ccccc32)ccc1OC. The maximum Gasteiger partial charge on any atom is 0.407 e. The lowest BCUT2D eigenvalue weighted by Crippen LogP contribution is -2.31. The summed E-state index contributed by atoms with van der Waals surface area (Å²) in [6, 6.07) is 20.4. The molecule has 1 amide bonds. The number of benzene rings is 3. The van der Waals surface area contributed by atoms with Crippen LogP contribution in [0.1, 0.15) is 42.0 Å². The molecule has 3 aromatic rings. The van der Waals surface area contributed by atoms with Crippen LogP contribution in [0.4, 0.5) is 4.79 Å². The number of alkyl carbamates (subject to hydrolysis) is 1. The second-order valence-electron chi connectivity index (χ2n) is 7.96. The van der Waals surface area contributed by atoms with Crippen molar-refractivity contribution in [1.29, 1.82) is 0 Å². The van der Waals surface area contributed by atoms with Crippen LogP contribution in [0.3, 0.4) is 0 Å². The Morgan fingerprint density at radius 2 is 1.62 bits per heavy atom. The lowest BCUT2D eigenvalue weighted by atomic mass is 9.98. The van der Waals surface area contributed by atoms with Crippen molar-refractivity contribution in [2.45, 2.75) is 25.3 Å². The van der Waals surface area contributed by atoms with Gasteiger partial charge in [-0.1, -0.05) is 54.6 Å². The third kappa shape index (κ3) is 4.83. The summed E-state index contributed by atoms with van der Waals surface area (Å²) in [7, 11) is 1.53. The molecule has 34 heavy (non-hydrogen) atoms. The summed E-state index contributed by atoms with van der Waals surface area (Å²) in [5.41, 5.74) is 5.07. The van der Waals surface area contributed by atoms with Crippen LogP contribution >= 0.6 is 0 Å². The molecule has 1 aliphatic carbocycles. The van der Waals surface area contributed by atoms with Crippen LogP contribution in [0.25, 0.3) is 11.1 Å². The van der Waals surface area contributed by atoms with Crippen molar-refractivity contribution < 1.29 is 28.9 Å². The molecule has 0 bridgehead atoms. The molecule has 3 aromatic carbocycles. The molecule has 0 saturated carbocycles. The maximum atomic E-state index is 12.7. The third-order valence-corrected chi connectivity index (χ3v) is 5.90. The fraction of sp³-hybridized carbons (Fsp3) is 0.259. The number of carboxylic acid groups (broad SMARTS) is 1. The highest BCUT2D eigenvalue weighted by Crippen LogP contribution is 2.44. The van der Waals surface area contributed by atoms with E-state index in [1.54, 1.807) is 18.2 Å². The number of nitrogens with one attached hydrogen (secondary N) is 1. The van der Waals surface area contributed by atoms with E-state index < -0.39 is 18.1 Å². The van der Waals surface area contributed by atoms with Crippen LogP contribution in [0.15, 0.2) is 66.7 Å². The Morgan fingerprint density at radius 3 is 2.21 bits per heavy atom. The Balaban J connectivity index is 1.49. The Bertz CT molecular complexity index is 1150. The molecule has 1 atom stereocenters. The van der Waals surface area contributed by atoms with Crippen molar-refractivity contribution in [3.63, 3.8) is 0 Å². The highest BCUT2D eigenvalue weighted by molar-refractivity contribution is 5.79. The van der Waals surface area contributed by atoms with Gasteiger partial charge < -0.3 is 24.6 Å². The van der Waals surface area contributed by atoms with Crippen molar-refractivity contribution in [3.8, 4) is 22.6 Å². The maximum absolute atomic E-state index is 12.7. The number of amides is 1. The number of hydrogen-bond acceptors (Lipinski definition) is 5. The van der Waals surface area contributed by atoms with E-state index in [2.05, 4.69) is 17.4 Å². The van der Waals surface area contributed by atoms with E-state index in [4.69, 9.17) is 14.2 Å². The second-order valence-corrected chi connectivity index (χ2v) is 7.96. The molecular formula is C27H27NO6. The second kappa shape index (κ2) is 10.3. The average molecular weight is 462 g/mol. The minimum atomic E-state index is -1.04. The number of aliphatic carboxylic acids is 1. The van der Waals surface area contributed by atoms with Gasteiger partial charge >= 0.3 is 12.1 Å². The average Bonchev–Trinajstić information content (AvgIpc) is 3.16. The van der Waals surface area contributed by atoms with Gasteiger partial charge in [0.2, 0.25) is 0 Å². The first-order chi connectivity index (χ1) is 16.5. The van der Waals surface area contributed by atoms with Gasteiger partial charge in [0, 0.05) is 5.92 Å². The minimum Gasteiger partial charge on any atom is -0.493 e. The molecule has 0 unspecified atom stereocenters. The van der Waals surface area contributed by atoms with Crippen LogP contribution < -0.4 is 14.8 Å². The standard InChI is InChI=1S/C27H27NO6/c1-3-33-25-14-17(12-13-24(25)32-2)23(15-26(29)30)28-27(31)34-16-22-20-10-6-4-8-18(20)19-9-5-7-11-21(19)22/h4-14,22-23H,3,15-16H2,1-2H3,(H,28,31)(H,29,30)/t23-/m1/s1. The minimum absolute atomic E-state index is 0.0818. The summed E-state index contributed by atoms with van der Waals surface area (Å²) >= 11 is 0. The summed E-state index contributed by atoms with van der Waals surface area (Å²) < 4.78 is 16.5. The van der Waals surface area contributed by atoms with Gasteiger partial charge in [-0.2, -0.15) is 0 Å². The number of methoxy groups -OCH3 is 1. The van der Waals surface area contributed by atoms with Crippen molar-refractivity contribution in [1.82, 2.24) is 5.32 Å². The zero-order valence-electron chi connectivity index (χ0n) is 19.1. The van der Waals surface area contributed by atoms with Crippen molar-refractivity contribution in [2.75, 3.05) is 20.3 Å². The van der Waals surface area contributed by atoms with E-state index in [1.807, 2.05) is 43.3 Å². The number of rotatable bonds is 9. The Labute approximate surface area is 198 Å². The number of hydrogen-bond donors (Lipinski definition) is 2. The molecule has 0 aromatic heterocycles. The molecule has 0 spiro atoms.